The molecule has 0 spiro atoms. The van der Waals surface area contributed by atoms with Crippen molar-refractivity contribution in [3.63, 3.8) is 0 Å². The van der Waals surface area contributed by atoms with Gasteiger partial charge < -0.3 is 4.42 Å². The molecule has 0 aliphatic heterocycles. The van der Waals surface area contributed by atoms with Crippen molar-refractivity contribution < 1.29 is 4.42 Å². The number of furan rings is 1. The van der Waals surface area contributed by atoms with Crippen LogP contribution in [-0.4, -0.2) is 9.97 Å². The van der Waals surface area contributed by atoms with E-state index in [0.29, 0.717) is 5.82 Å². The summed E-state index contributed by atoms with van der Waals surface area (Å²) in [5.74, 6) is 0.689. The molecule has 256 valence electrons. The highest BCUT2D eigenvalue weighted by molar-refractivity contribution is 6.13. The predicted octanol–water partition coefficient (Wildman–Crippen LogP) is 14.2. The number of rotatable bonds is 5. The van der Waals surface area contributed by atoms with Crippen LogP contribution in [0, 0.1) is 0 Å². The molecule has 0 atom stereocenters. The molecular formula is C52H32N2O. The Bertz CT molecular complexity index is 3270. The standard InChI is InChI=1S/C52H32N2O/c1-2-13-34(14-3-1)52-53-48(32-49(54-52)46-31-38-16-6-7-17-42(38)43-18-8-9-19-44(43)46)41-28-39(36-23-22-33-12-4-5-15-35(33)26-36)27-40(29-41)37-24-25-51-47(30-37)45-20-10-11-21-50(45)55-51/h1-32H. The first kappa shape index (κ1) is 31.2. The highest BCUT2D eigenvalue weighted by Gasteiger charge is 2.17. The minimum atomic E-state index is 0.689. The molecule has 0 aliphatic rings. The summed E-state index contributed by atoms with van der Waals surface area (Å²) in [6.45, 7) is 0. The Balaban J connectivity index is 1.17. The van der Waals surface area contributed by atoms with Crippen molar-refractivity contribution in [3.05, 3.63) is 194 Å². The monoisotopic (exact) mass is 700 g/mol. The fourth-order valence-corrected chi connectivity index (χ4v) is 8.10. The summed E-state index contributed by atoms with van der Waals surface area (Å²) in [5, 5.41) is 9.42. The van der Waals surface area contributed by atoms with Gasteiger partial charge in [-0.2, -0.15) is 0 Å². The molecule has 3 heteroatoms. The molecule has 2 aromatic heterocycles. The summed E-state index contributed by atoms with van der Waals surface area (Å²) in [4.78, 5) is 10.6. The van der Waals surface area contributed by atoms with Crippen molar-refractivity contribution in [3.8, 4) is 56.2 Å². The summed E-state index contributed by atoms with van der Waals surface area (Å²) in [6, 6.07) is 68.8. The molecule has 0 saturated carbocycles. The van der Waals surface area contributed by atoms with Crippen molar-refractivity contribution in [2.75, 3.05) is 0 Å². The lowest BCUT2D eigenvalue weighted by molar-refractivity contribution is 0.669. The maximum absolute atomic E-state index is 6.22. The zero-order valence-corrected chi connectivity index (χ0v) is 29.8. The largest absolute Gasteiger partial charge is 0.456 e. The number of hydrogen-bond donors (Lipinski definition) is 0. The minimum absolute atomic E-state index is 0.689. The first-order valence-electron chi connectivity index (χ1n) is 18.6. The number of aromatic nitrogens is 2. The van der Waals surface area contributed by atoms with Crippen LogP contribution >= 0.6 is 0 Å². The van der Waals surface area contributed by atoms with Crippen LogP contribution < -0.4 is 0 Å². The van der Waals surface area contributed by atoms with Crippen LogP contribution in [0.2, 0.25) is 0 Å². The van der Waals surface area contributed by atoms with E-state index in [-0.39, 0.29) is 0 Å². The van der Waals surface area contributed by atoms with Gasteiger partial charge in [0.1, 0.15) is 11.2 Å². The van der Waals surface area contributed by atoms with E-state index in [1.54, 1.807) is 0 Å². The lowest BCUT2D eigenvalue weighted by atomic mass is 9.92. The normalized spacial score (nSPS) is 11.6. The molecule has 11 aromatic rings. The quantitative estimate of drug-likeness (QED) is 0.168. The maximum atomic E-state index is 6.22. The van der Waals surface area contributed by atoms with Gasteiger partial charge in [-0.1, -0.05) is 140 Å². The van der Waals surface area contributed by atoms with Gasteiger partial charge in [0.25, 0.3) is 0 Å². The van der Waals surface area contributed by atoms with Crippen molar-refractivity contribution in [2.45, 2.75) is 0 Å². The van der Waals surface area contributed by atoms with Crippen molar-refractivity contribution in [2.24, 2.45) is 0 Å². The average Bonchev–Trinajstić information content (AvgIpc) is 3.64. The molecule has 0 radical (unpaired) electrons. The van der Waals surface area contributed by atoms with E-state index in [9.17, 15) is 0 Å². The number of benzene rings is 9. The average molecular weight is 701 g/mol. The molecule has 0 unspecified atom stereocenters. The number of nitrogens with zero attached hydrogens (tertiary/aromatic N) is 2. The zero-order chi connectivity index (χ0) is 36.3. The third-order valence-corrected chi connectivity index (χ3v) is 10.8. The van der Waals surface area contributed by atoms with Gasteiger partial charge in [-0.3, -0.25) is 0 Å². The SMILES string of the molecule is c1ccc(-c2nc(-c3cc(-c4ccc5ccccc5c4)cc(-c4ccc5oc6ccccc6c5c4)c3)cc(-c3cc4ccccc4c4ccccc34)n2)cc1. The van der Waals surface area contributed by atoms with E-state index in [2.05, 4.69) is 164 Å². The fourth-order valence-electron chi connectivity index (χ4n) is 8.10. The van der Waals surface area contributed by atoms with Crippen LogP contribution in [0.15, 0.2) is 199 Å². The molecule has 55 heavy (non-hydrogen) atoms. The van der Waals surface area contributed by atoms with Crippen LogP contribution in [0.5, 0.6) is 0 Å². The summed E-state index contributed by atoms with van der Waals surface area (Å²) in [6.07, 6.45) is 0. The van der Waals surface area contributed by atoms with Gasteiger partial charge in [0.15, 0.2) is 5.82 Å². The molecule has 0 aliphatic carbocycles. The van der Waals surface area contributed by atoms with E-state index in [1.807, 2.05) is 30.3 Å². The van der Waals surface area contributed by atoms with E-state index >= 15 is 0 Å². The summed E-state index contributed by atoms with van der Waals surface area (Å²) < 4.78 is 6.22. The molecule has 0 fully saturated rings. The van der Waals surface area contributed by atoms with E-state index < -0.39 is 0 Å². The second kappa shape index (κ2) is 12.6. The molecule has 0 amide bonds. The minimum Gasteiger partial charge on any atom is -0.456 e. The zero-order valence-electron chi connectivity index (χ0n) is 29.8. The second-order valence-electron chi connectivity index (χ2n) is 14.2. The lowest BCUT2D eigenvalue weighted by Crippen LogP contribution is -1.97. The van der Waals surface area contributed by atoms with Gasteiger partial charge >= 0.3 is 0 Å². The topological polar surface area (TPSA) is 38.9 Å². The third-order valence-electron chi connectivity index (χ3n) is 10.8. The van der Waals surface area contributed by atoms with E-state index in [4.69, 9.17) is 14.4 Å². The van der Waals surface area contributed by atoms with Crippen molar-refractivity contribution >= 4 is 54.3 Å². The van der Waals surface area contributed by atoms with Gasteiger partial charge in [-0.15, -0.1) is 0 Å². The summed E-state index contributed by atoms with van der Waals surface area (Å²) in [5.41, 5.74) is 11.1. The molecule has 9 aromatic carbocycles. The first-order chi connectivity index (χ1) is 27.2. The first-order valence-corrected chi connectivity index (χ1v) is 18.6. The van der Waals surface area contributed by atoms with Crippen molar-refractivity contribution in [1.29, 1.82) is 0 Å². The van der Waals surface area contributed by atoms with Crippen LogP contribution in [0.3, 0.4) is 0 Å². The third kappa shape index (κ3) is 5.45. The Morgan fingerprint density at radius 1 is 0.291 bits per heavy atom. The molecule has 11 rings (SSSR count). The van der Waals surface area contributed by atoms with Gasteiger partial charge in [-0.25, -0.2) is 9.97 Å². The molecule has 3 nitrogen and oxygen atoms in total. The smallest absolute Gasteiger partial charge is 0.160 e. The number of hydrogen-bond acceptors (Lipinski definition) is 3. The Morgan fingerprint density at radius 3 is 1.73 bits per heavy atom. The maximum Gasteiger partial charge on any atom is 0.160 e. The summed E-state index contributed by atoms with van der Waals surface area (Å²) >= 11 is 0. The van der Waals surface area contributed by atoms with Gasteiger partial charge in [0, 0.05) is 27.5 Å². The highest BCUT2D eigenvalue weighted by atomic mass is 16.3. The molecule has 2 heterocycles. The van der Waals surface area contributed by atoms with Crippen LogP contribution in [0.1, 0.15) is 0 Å². The molecule has 0 bridgehead atoms. The fraction of sp³-hybridized carbons (Fsp3) is 0. The van der Waals surface area contributed by atoms with E-state index in [1.165, 1.54) is 26.9 Å². The predicted molar refractivity (Wildman–Crippen MR) is 229 cm³/mol. The Labute approximate surface area is 317 Å². The van der Waals surface area contributed by atoms with Crippen LogP contribution in [-0.2, 0) is 0 Å². The molecular weight excluding hydrogens is 669 g/mol. The van der Waals surface area contributed by atoms with Crippen molar-refractivity contribution in [1.82, 2.24) is 9.97 Å². The Hall–Kier alpha value is -7.36. The van der Waals surface area contributed by atoms with Crippen LogP contribution in [0.4, 0.5) is 0 Å². The molecule has 0 saturated heterocycles. The summed E-state index contributed by atoms with van der Waals surface area (Å²) in [7, 11) is 0. The van der Waals surface area contributed by atoms with E-state index in [0.717, 1.165) is 77.7 Å². The highest BCUT2D eigenvalue weighted by Crippen LogP contribution is 2.40. The number of fused-ring (bicyclic) bond motifs is 7. The molecule has 0 N–H and O–H groups in total. The number of para-hydroxylation sites is 1. The van der Waals surface area contributed by atoms with Gasteiger partial charge in [-0.05, 0) is 109 Å². The van der Waals surface area contributed by atoms with Gasteiger partial charge in [0.05, 0.1) is 11.4 Å². The Kier molecular flexibility index (Phi) is 7.17. The lowest BCUT2D eigenvalue weighted by Gasteiger charge is -2.15. The Morgan fingerprint density at radius 2 is 0.891 bits per heavy atom. The second-order valence-corrected chi connectivity index (χ2v) is 14.2. The van der Waals surface area contributed by atoms with Gasteiger partial charge in [0.2, 0.25) is 0 Å². The van der Waals surface area contributed by atoms with Crippen LogP contribution in [0.25, 0.3) is 110 Å².